The molecule has 1 aliphatic rings. The first-order valence-electron chi connectivity index (χ1n) is 16.1. The van der Waals surface area contributed by atoms with Crippen LogP contribution < -0.4 is 4.90 Å². The third kappa shape index (κ3) is 13.8. The molecule has 0 aliphatic carbocycles. The molecule has 0 bridgehead atoms. The second kappa shape index (κ2) is 21.6. The number of benzene rings is 1. The molecule has 0 aromatic heterocycles. The van der Waals surface area contributed by atoms with E-state index in [4.69, 9.17) is 0 Å². The van der Waals surface area contributed by atoms with Gasteiger partial charge in [0, 0.05) is 24.6 Å². The largest absolute Gasteiger partial charge is 0.356 e. The highest BCUT2D eigenvalue weighted by atomic mass is 15.4. The van der Waals surface area contributed by atoms with Crippen molar-refractivity contribution in [2.75, 3.05) is 11.4 Å². The van der Waals surface area contributed by atoms with E-state index in [-0.39, 0.29) is 0 Å². The highest BCUT2D eigenvalue weighted by Crippen LogP contribution is 2.28. The van der Waals surface area contributed by atoms with Crippen molar-refractivity contribution in [3.63, 3.8) is 0 Å². The van der Waals surface area contributed by atoms with Crippen LogP contribution in [0.2, 0.25) is 0 Å². The highest BCUT2D eigenvalue weighted by Gasteiger charge is 2.26. The van der Waals surface area contributed by atoms with Crippen LogP contribution in [0.4, 0.5) is 5.69 Å². The molecule has 2 nitrogen and oxygen atoms in total. The maximum atomic E-state index is 2.63. The molecule has 206 valence electrons. The summed E-state index contributed by atoms with van der Waals surface area (Å²) >= 11 is 0. The molecule has 0 radical (unpaired) electrons. The van der Waals surface area contributed by atoms with Gasteiger partial charge in [0.25, 0.3) is 0 Å². The van der Waals surface area contributed by atoms with Gasteiger partial charge < -0.3 is 9.80 Å². The fraction of sp³-hybridized carbons (Fsp3) is 0.765. The van der Waals surface area contributed by atoms with Crippen molar-refractivity contribution < 1.29 is 0 Å². The van der Waals surface area contributed by atoms with Crippen LogP contribution in [0, 0.1) is 0 Å². The monoisotopic (exact) mass is 496 g/mol. The number of anilines is 1. The van der Waals surface area contributed by atoms with E-state index >= 15 is 0 Å². The zero-order chi connectivity index (χ0) is 25.5. The normalized spacial score (nSPS) is 15.3. The Labute approximate surface area is 225 Å². The lowest BCUT2D eigenvalue weighted by atomic mass is 10.0. The lowest BCUT2D eigenvalue weighted by Crippen LogP contribution is -2.39. The molecule has 0 N–H and O–H groups in total. The molecule has 0 saturated carbocycles. The summed E-state index contributed by atoms with van der Waals surface area (Å²) in [6.45, 7) is 5.81. The fourth-order valence-corrected chi connectivity index (χ4v) is 5.68. The van der Waals surface area contributed by atoms with Gasteiger partial charge in [-0.05, 0) is 31.4 Å². The average molecular weight is 497 g/mol. The Morgan fingerprint density at radius 2 is 0.944 bits per heavy atom. The molecule has 1 unspecified atom stereocenters. The van der Waals surface area contributed by atoms with Gasteiger partial charge in [-0.1, -0.05) is 154 Å². The predicted molar refractivity (Wildman–Crippen MR) is 161 cm³/mol. The summed E-state index contributed by atoms with van der Waals surface area (Å²) in [5.74, 6) is 0. The summed E-state index contributed by atoms with van der Waals surface area (Å²) in [4.78, 5) is 5.15. The Kier molecular flexibility index (Phi) is 18.5. The van der Waals surface area contributed by atoms with E-state index in [1.165, 1.54) is 153 Å². The SMILES string of the molecule is CCCCCCCCCCCCCCCC1N(CCCCCCCCCC)C=CN1c1ccccc1. The molecule has 1 aromatic carbocycles. The van der Waals surface area contributed by atoms with Gasteiger partial charge in [0.15, 0.2) is 0 Å². The Morgan fingerprint density at radius 3 is 1.44 bits per heavy atom. The van der Waals surface area contributed by atoms with Crippen molar-refractivity contribution in [2.24, 2.45) is 0 Å². The van der Waals surface area contributed by atoms with Gasteiger partial charge in [0.05, 0.1) is 0 Å². The summed E-state index contributed by atoms with van der Waals surface area (Å²) in [7, 11) is 0. The third-order valence-electron chi connectivity index (χ3n) is 8.01. The molecule has 1 atom stereocenters. The summed E-state index contributed by atoms with van der Waals surface area (Å²) in [6, 6.07) is 11.0. The molecule has 0 spiro atoms. The van der Waals surface area contributed by atoms with Crippen molar-refractivity contribution >= 4 is 5.69 Å². The van der Waals surface area contributed by atoms with Crippen LogP contribution in [0.15, 0.2) is 42.7 Å². The molecule has 1 aromatic rings. The van der Waals surface area contributed by atoms with Crippen LogP contribution >= 0.6 is 0 Å². The molecule has 1 aliphatic heterocycles. The molecular formula is C34H60N2. The smallest absolute Gasteiger partial charge is 0.105 e. The van der Waals surface area contributed by atoms with E-state index in [0.717, 1.165) is 0 Å². The zero-order valence-electron chi connectivity index (χ0n) is 24.3. The quantitative estimate of drug-likeness (QED) is 0.131. The van der Waals surface area contributed by atoms with Gasteiger partial charge in [0.1, 0.15) is 6.17 Å². The van der Waals surface area contributed by atoms with E-state index in [0.29, 0.717) is 6.17 Å². The van der Waals surface area contributed by atoms with Gasteiger partial charge in [-0.15, -0.1) is 0 Å². The minimum atomic E-state index is 0.504. The first-order chi connectivity index (χ1) is 17.9. The molecule has 0 saturated heterocycles. The Morgan fingerprint density at radius 1 is 0.500 bits per heavy atom. The van der Waals surface area contributed by atoms with E-state index in [9.17, 15) is 0 Å². The van der Waals surface area contributed by atoms with E-state index in [1.54, 1.807) is 0 Å². The second-order valence-electron chi connectivity index (χ2n) is 11.3. The minimum absolute atomic E-state index is 0.504. The molecule has 1 heterocycles. The summed E-state index contributed by atoms with van der Waals surface area (Å²) < 4.78 is 0. The fourth-order valence-electron chi connectivity index (χ4n) is 5.68. The van der Waals surface area contributed by atoms with Crippen LogP contribution in [0.25, 0.3) is 0 Å². The van der Waals surface area contributed by atoms with Crippen LogP contribution in [-0.2, 0) is 0 Å². The van der Waals surface area contributed by atoms with Gasteiger partial charge in [-0.2, -0.15) is 0 Å². The average Bonchev–Trinajstić information content (AvgIpc) is 3.31. The maximum Gasteiger partial charge on any atom is 0.105 e. The van der Waals surface area contributed by atoms with Crippen LogP contribution in [-0.4, -0.2) is 17.6 Å². The van der Waals surface area contributed by atoms with Crippen molar-refractivity contribution in [3.8, 4) is 0 Å². The summed E-state index contributed by atoms with van der Waals surface area (Å²) in [6.07, 6.45) is 36.2. The minimum Gasteiger partial charge on any atom is -0.356 e. The third-order valence-corrected chi connectivity index (χ3v) is 8.01. The van der Waals surface area contributed by atoms with Gasteiger partial charge in [-0.3, -0.25) is 0 Å². The van der Waals surface area contributed by atoms with E-state index in [1.807, 2.05) is 0 Å². The number of rotatable bonds is 24. The van der Waals surface area contributed by atoms with Gasteiger partial charge in [-0.25, -0.2) is 0 Å². The molecule has 2 rings (SSSR count). The lowest BCUT2D eigenvalue weighted by Gasteiger charge is -2.33. The summed E-state index contributed by atoms with van der Waals surface area (Å²) in [5.41, 5.74) is 1.34. The van der Waals surface area contributed by atoms with Crippen molar-refractivity contribution in [1.29, 1.82) is 0 Å². The molecular weight excluding hydrogens is 436 g/mol. The van der Waals surface area contributed by atoms with Crippen LogP contribution in [0.5, 0.6) is 0 Å². The number of nitrogens with zero attached hydrogens (tertiary/aromatic N) is 2. The molecule has 0 amide bonds. The number of hydrogen-bond donors (Lipinski definition) is 0. The van der Waals surface area contributed by atoms with Crippen LogP contribution in [0.3, 0.4) is 0 Å². The first kappa shape index (κ1) is 30.8. The Bertz CT molecular complexity index is 625. The molecule has 36 heavy (non-hydrogen) atoms. The van der Waals surface area contributed by atoms with Gasteiger partial charge >= 0.3 is 0 Å². The zero-order valence-corrected chi connectivity index (χ0v) is 24.3. The standard InChI is InChI=1S/C34H60N2/c1-3-5-7-9-11-13-14-15-16-17-18-20-25-29-34-35(30-26-21-19-12-10-8-6-4-2)31-32-36(34)33-27-23-22-24-28-33/h22-24,27-28,31-32,34H,3-21,25-26,29-30H2,1-2H3. The van der Waals surface area contributed by atoms with Crippen molar-refractivity contribution in [1.82, 2.24) is 4.90 Å². The molecule has 2 heteroatoms. The van der Waals surface area contributed by atoms with Crippen molar-refractivity contribution in [2.45, 2.75) is 161 Å². The Balaban J connectivity index is 1.60. The topological polar surface area (TPSA) is 6.48 Å². The second-order valence-corrected chi connectivity index (χ2v) is 11.3. The highest BCUT2D eigenvalue weighted by molar-refractivity contribution is 5.51. The predicted octanol–water partition coefficient (Wildman–Crippen LogP) is 11.2. The van der Waals surface area contributed by atoms with E-state index < -0.39 is 0 Å². The summed E-state index contributed by atoms with van der Waals surface area (Å²) in [5, 5.41) is 0. The Hall–Kier alpha value is -1.44. The number of unbranched alkanes of at least 4 members (excludes halogenated alkanes) is 19. The molecule has 0 fully saturated rings. The number of para-hydroxylation sites is 1. The lowest BCUT2D eigenvalue weighted by molar-refractivity contribution is 0.273. The van der Waals surface area contributed by atoms with E-state index in [2.05, 4.69) is 66.4 Å². The van der Waals surface area contributed by atoms with Crippen LogP contribution in [0.1, 0.15) is 155 Å². The maximum absolute atomic E-state index is 2.63. The number of hydrogen-bond acceptors (Lipinski definition) is 2. The van der Waals surface area contributed by atoms with Crippen molar-refractivity contribution in [3.05, 3.63) is 42.7 Å². The first-order valence-corrected chi connectivity index (χ1v) is 16.1. The van der Waals surface area contributed by atoms with Gasteiger partial charge in [0.2, 0.25) is 0 Å².